The summed E-state index contributed by atoms with van der Waals surface area (Å²) in [7, 11) is 0. The Kier molecular flexibility index (Phi) is 14.0. The molecule has 1 aromatic heterocycles. The number of rotatable bonds is 13. The molecule has 0 saturated carbocycles. The number of nitrogens with one attached hydrogen (secondary N) is 2. The number of halogens is 1. The molecule has 1 fully saturated rings. The zero-order valence-electron chi connectivity index (χ0n) is 19.9. The molecule has 0 radical (unpaired) electrons. The Morgan fingerprint density at radius 2 is 1.82 bits per heavy atom. The van der Waals surface area contributed by atoms with Gasteiger partial charge in [-0.1, -0.05) is 30.3 Å². The number of aryl methyl sites for hydroxylation is 1. The Morgan fingerprint density at radius 1 is 1.06 bits per heavy atom. The normalized spacial score (nSPS) is 15.2. The maximum atomic E-state index is 6.12. The van der Waals surface area contributed by atoms with Crippen LogP contribution in [0.4, 0.5) is 0 Å². The molecule has 1 aliphatic heterocycles. The summed E-state index contributed by atoms with van der Waals surface area (Å²) >= 11 is 0. The van der Waals surface area contributed by atoms with Crippen LogP contribution in [0, 0.1) is 0 Å². The highest BCUT2D eigenvalue weighted by Crippen LogP contribution is 2.16. The lowest BCUT2D eigenvalue weighted by Gasteiger charge is -2.31. The summed E-state index contributed by atoms with van der Waals surface area (Å²) in [5.41, 5.74) is 1.39. The number of aliphatic imine (C=N–C) groups is 1. The quantitative estimate of drug-likeness (QED) is 0.167. The summed E-state index contributed by atoms with van der Waals surface area (Å²) in [5, 5.41) is 14.4. The first-order valence-corrected chi connectivity index (χ1v) is 12.1. The van der Waals surface area contributed by atoms with Crippen LogP contribution < -0.4 is 10.6 Å². The second-order valence-electron chi connectivity index (χ2n) is 8.28. The molecule has 0 amide bonds. The van der Waals surface area contributed by atoms with Crippen molar-refractivity contribution < 1.29 is 4.74 Å². The lowest BCUT2D eigenvalue weighted by atomic mass is 10.1. The van der Waals surface area contributed by atoms with Gasteiger partial charge in [0, 0.05) is 52.4 Å². The van der Waals surface area contributed by atoms with Crippen molar-refractivity contribution in [2.45, 2.75) is 58.2 Å². The molecular weight excluding hydrogens is 529 g/mol. The molecule has 33 heavy (non-hydrogen) atoms. The fraction of sp³-hybridized carbons (Fsp3) is 0.625. The third-order valence-electron chi connectivity index (χ3n) is 5.66. The minimum absolute atomic E-state index is 0. The van der Waals surface area contributed by atoms with Gasteiger partial charge in [0.05, 0.1) is 6.10 Å². The summed E-state index contributed by atoms with van der Waals surface area (Å²) in [5.74, 6) is 0.894. The van der Waals surface area contributed by atoms with Gasteiger partial charge >= 0.3 is 0 Å². The number of likely N-dealkylation sites (tertiary alicyclic amines) is 1. The minimum atomic E-state index is 0. The highest BCUT2D eigenvalue weighted by Gasteiger charge is 2.19. The largest absolute Gasteiger partial charge is 0.378 e. The van der Waals surface area contributed by atoms with Crippen molar-refractivity contribution in [2.24, 2.45) is 4.99 Å². The smallest absolute Gasteiger partial charge is 0.191 e. The predicted molar refractivity (Wildman–Crippen MR) is 144 cm³/mol. The molecule has 2 aromatic rings. The van der Waals surface area contributed by atoms with Gasteiger partial charge in [-0.25, -0.2) is 0 Å². The Hall–Kier alpha value is -1.72. The van der Waals surface area contributed by atoms with Crippen LogP contribution in [0.3, 0.4) is 0 Å². The first-order valence-electron chi connectivity index (χ1n) is 12.1. The molecular formula is C24H40IN7O. The molecule has 0 aliphatic carbocycles. The zero-order valence-corrected chi connectivity index (χ0v) is 22.2. The molecule has 0 atom stereocenters. The third-order valence-corrected chi connectivity index (χ3v) is 5.66. The maximum Gasteiger partial charge on any atom is 0.191 e. The molecule has 0 unspecified atom stereocenters. The van der Waals surface area contributed by atoms with Crippen molar-refractivity contribution in [3.8, 4) is 0 Å². The second kappa shape index (κ2) is 16.8. The average molecular weight is 570 g/mol. The molecule has 0 bridgehead atoms. The van der Waals surface area contributed by atoms with Gasteiger partial charge < -0.3 is 19.9 Å². The predicted octanol–water partition coefficient (Wildman–Crippen LogP) is 3.30. The Balaban J connectivity index is 0.00000385. The van der Waals surface area contributed by atoms with Gasteiger partial charge in [0.1, 0.15) is 12.7 Å². The molecule has 1 saturated heterocycles. The number of piperidine rings is 1. The van der Waals surface area contributed by atoms with Crippen molar-refractivity contribution >= 4 is 29.9 Å². The minimum Gasteiger partial charge on any atom is -0.378 e. The van der Waals surface area contributed by atoms with Gasteiger partial charge in [-0.15, -0.1) is 34.2 Å². The van der Waals surface area contributed by atoms with E-state index in [1.807, 2.05) is 4.57 Å². The Morgan fingerprint density at radius 3 is 2.55 bits per heavy atom. The molecule has 3 rings (SSSR count). The second-order valence-corrected chi connectivity index (χ2v) is 8.28. The van der Waals surface area contributed by atoms with Crippen molar-refractivity contribution in [2.75, 3.05) is 39.3 Å². The lowest BCUT2D eigenvalue weighted by molar-refractivity contribution is 0.00566. The fourth-order valence-corrected chi connectivity index (χ4v) is 3.89. The van der Waals surface area contributed by atoms with Gasteiger partial charge in [-0.05, 0) is 44.6 Å². The van der Waals surface area contributed by atoms with Crippen LogP contribution in [0.2, 0.25) is 0 Å². The van der Waals surface area contributed by atoms with Crippen LogP contribution in [0.5, 0.6) is 0 Å². The summed E-state index contributed by atoms with van der Waals surface area (Å²) in [6, 6.07) is 10.7. The number of guanidine groups is 1. The first kappa shape index (κ1) is 27.5. The average Bonchev–Trinajstić information content (AvgIpc) is 3.34. The van der Waals surface area contributed by atoms with Crippen molar-refractivity contribution in [3.05, 3.63) is 48.5 Å². The van der Waals surface area contributed by atoms with E-state index in [9.17, 15) is 0 Å². The third kappa shape index (κ3) is 11.3. The summed E-state index contributed by atoms with van der Waals surface area (Å²) in [6.07, 6.45) is 9.27. The van der Waals surface area contributed by atoms with E-state index in [0.29, 0.717) is 6.10 Å². The van der Waals surface area contributed by atoms with Crippen LogP contribution >= 0.6 is 24.0 Å². The number of hydrogen-bond acceptors (Lipinski definition) is 5. The topological polar surface area (TPSA) is 79.6 Å². The molecule has 1 aliphatic rings. The molecule has 9 heteroatoms. The number of benzene rings is 1. The van der Waals surface area contributed by atoms with Crippen LogP contribution in [0.1, 0.15) is 44.6 Å². The zero-order chi connectivity index (χ0) is 22.3. The number of nitrogens with zero attached hydrogens (tertiary/aromatic N) is 5. The van der Waals surface area contributed by atoms with Gasteiger partial charge in [-0.3, -0.25) is 9.89 Å². The summed E-state index contributed by atoms with van der Waals surface area (Å²) in [4.78, 5) is 7.21. The van der Waals surface area contributed by atoms with E-state index in [2.05, 4.69) is 68.0 Å². The van der Waals surface area contributed by atoms with E-state index in [0.717, 1.165) is 90.5 Å². The maximum absolute atomic E-state index is 6.12. The van der Waals surface area contributed by atoms with E-state index in [1.165, 1.54) is 5.56 Å². The number of unbranched alkanes of at least 4 members (excludes halogenated alkanes) is 1. The number of hydrogen-bond donors (Lipinski definition) is 2. The fourth-order valence-electron chi connectivity index (χ4n) is 3.89. The van der Waals surface area contributed by atoms with Crippen molar-refractivity contribution in [1.29, 1.82) is 0 Å². The van der Waals surface area contributed by atoms with Gasteiger partial charge in [0.15, 0.2) is 5.96 Å². The van der Waals surface area contributed by atoms with Gasteiger partial charge in [0.2, 0.25) is 0 Å². The molecule has 1 aromatic carbocycles. The van der Waals surface area contributed by atoms with E-state index in [-0.39, 0.29) is 24.0 Å². The Labute approximate surface area is 215 Å². The van der Waals surface area contributed by atoms with Crippen molar-refractivity contribution in [1.82, 2.24) is 30.3 Å². The summed E-state index contributed by atoms with van der Waals surface area (Å²) < 4.78 is 8.13. The van der Waals surface area contributed by atoms with Crippen LogP contribution in [-0.4, -0.2) is 71.1 Å². The number of aromatic nitrogens is 3. The SMILES string of the molecule is CCNC(=NCCCOC1CCN(Cc2ccccc2)CC1)NCCCCn1cnnc1.I. The van der Waals surface area contributed by atoms with Gasteiger partial charge in [-0.2, -0.15) is 0 Å². The number of ether oxygens (including phenoxy) is 1. The van der Waals surface area contributed by atoms with Crippen LogP contribution in [0.15, 0.2) is 48.0 Å². The van der Waals surface area contributed by atoms with E-state index in [4.69, 9.17) is 4.74 Å². The van der Waals surface area contributed by atoms with E-state index in [1.54, 1.807) is 12.7 Å². The Bertz CT molecular complexity index is 749. The van der Waals surface area contributed by atoms with Crippen LogP contribution in [-0.2, 0) is 17.8 Å². The molecule has 8 nitrogen and oxygen atoms in total. The lowest BCUT2D eigenvalue weighted by Crippen LogP contribution is -2.38. The highest BCUT2D eigenvalue weighted by molar-refractivity contribution is 14.0. The highest BCUT2D eigenvalue weighted by atomic mass is 127. The molecule has 184 valence electrons. The monoisotopic (exact) mass is 569 g/mol. The molecule has 0 spiro atoms. The van der Waals surface area contributed by atoms with E-state index < -0.39 is 0 Å². The van der Waals surface area contributed by atoms with Crippen molar-refractivity contribution in [3.63, 3.8) is 0 Å². The summed E-state index contributed by atoms with van der Waals surface area (Å²) in [6.45, 7) is 9.66. The van der Waals surface area contributed by atoms with Gasteiger partial charge in [0.25, 0.3) is 0 Å². The molecule has 2 heterocycles. The molecule has 2 N–H and O–H groups in total. The standard InChI is InChI=1S/C24H39N7O.HI/c1-2-25-24(26-13-6-7-15-31-20-28-29-21-31)27-14-8-18-32-23-11-16-30(17-12-23)19-22-9-4-3-5-10-22;/h3-5,9-10,20-21,23H,2,6-8,11-19H2,1H3,(H2,25,26,27);1H. The van der Waals surface area contributed by atoms with E-state index >= 15 is 0 Å². The first-order chi connectivity index (χ1) is 15.8. The van der Waals surface area contributed by atoms with Crippen LogP contribution in [0.25, 0.3) is 0 Å².